The highest BCUT2D eigenvalue weighted by Gasteiger charge is 2.16. The summed E-state index contributed by atoms with van der Waals surface area (Å²) in [6, 6.07) is 3.03. The Kier molecular flexibility index (Phi) is 4.13. The molecule has 0 radical (unpaired) electrons. The number of carbonyl (C=O) groups is 1. The first-order chi connectivity index (χ1) is 7.67. The van der Waals surface area contributed by atoms with Crippen molar-refractivity contribution < 1.29 is 24.1 Å². The summed E-state index contributed by atoms with van der Waals surface area (Å²) in [6.45, 7) is -0.193. The molecule has 0 spiro atoms. The molecule has 16 heavy (non-hydrogen) atoms. The number of hydrogen-bond acceptors (Lipinski definition) is 5. The number of ether oxygens (including phenoxy) is 3. The topological polar surface area (TPSA) is 65.0 Å². The van der Waals surface area contributed by atoms with Crippen LogP contribution in [0, 0.1) is 0 Å². The summed E-state index contributed by atoms with van der Waals surface area (Å²) in [5.41, 5.74) is 0.811. The van der Waals surface area contributed by atoms with Crippen LogP contribution < -0.4 is 9.47 Å². The second-order valence-corrected chi connectivity index (χ2v) is 3.01. The molecule has 0 aromatic heterocycles. The van der Waals surface area contributed by atoms with Crippen LogP contribution in [0.4, 0.5) is 0 Å². The smallest absolute Gasteiger partial charge is 0.341 e. The van der Waals surface area contributed by atoms with E-state index in [1.54, 1.807) is 6.07 Å². The maximum absolute atomic E-state index is 11.4. The Morgan fingerprint density at radius 1 is 1.19 bits per heavy atom. The van der Waals surface area contributed by atoms with E-state index in [1.165, 1.54) is 27.4 Å². The lowest BCUT2D eigenvalue weighted by atomic mass is 10.1. The van der Waals surface area contributed by atoms with Gasteiger partial charge in [0.05, 0.1) is 27.9 Å². The summed E-state index contributed by atoms with van der Waals surface area (Å²) in [5.74, 6) is 0.250. The normalized spacial score (nSPS) is 9.75. The molecule has 0 aliphatic carbocycles. The van der Waals surface area contributed by atoms with Crippen molar-refractivity contribution in [1.82, 2.24) is 0 Å². The lowest BCUT2D eigenvalue weighted by molar-refractivity contribution is 0.0596. The summed E-state index contributed by atoms with van der Waals surface area (Å²) < 4.78 is 14.7. The third-order valence-corrected chi connectivity index (χ3v) is 2.18. The van der Waals surface area contributed by atoms with E-state index in [1.807, 2.05) is 0 Å². The highest BCUT2D eigenvalue weighted by atomic mass is 16.5. The molecule has 88 valence electrons. The van der Waals surface area contributed by atoms with Gasteiger partial charge in [0.15, 0.2) is 0 Å². The van der Waals surface area contributed by atoms with E-state index in [-0.39, 0.29) is 12.2 Å². The van der Waals surface area contributed by atoms with Gasteiger partial charge in [0.25, 0.3) is 0 Å². The first-order valence-corrected chi connectivity index (χ1v) is 4.62. The third-order valence-electron chi connectivity index (χ3n) is 2.18. The molecule has 1 N–H and O–H groups in total. The molecule has 0 saturated heterocycles. The number of aliphatic hydroxyl groups is 1. The average Bonchev–Trinajstić information content (AvgIpc) is 2.35. The Labute approximate surface area is 93.6 Å². The SMILES string of the molecule is COC(=O)c1cc(OC)c(CO)cc1OC. The third kappa shape index (κ3) is 2.25. The van der Waals surface area contributed by atoms with Gasteiger partial charge in [-0.2, -0.15) is 0 Å². The number of benzene rings is 1. The molecule has 5 heteroatoms. The first-order valence-electron chi connectivity index (χ1n) is 4.62. The Morgan fingerprint density at radius 3 is 2.25 bits per heavy atom. The van der Waals surface area contributed by atoms with Gasteiger partial charge in [-0.3, -0.25) is 0 Å². The van der Waals surface area contributed by atoms with Crippen molar-refractivity contribution in [3.05, 3.63) is 23.3 Å². The molecule has 0 heterocycles. The quantitative estimate of drug-likeness (QED) is 0.775. The van der Waals surface area contributed by atoms with Crippen molar-refractivity contribution >= 4 is 5.97 Å². The van der Waals surface area contributed by atoms with E-state index in [0.29, 0.717) is 17.1 Å². The van der Waals surface area contributed by atoms with Gasteiger partial charge >= 0.3 is 5.97 Å². The van der Waals surface area contributed by atoms with Gasteiger partial charge in [0.1, 0.15) is 17.1 Å². The fraction of sp³-hybridized carbons (Fsp3) is 0.364. The molecule has 1 aromatic rings. The van der Waals surface area contributed by atoms with Crippen molar-refractivity contribution in [2.24, 2.45) is 0 Å². The van der Waals surface area contributed by atoms with E-state index in [2.05, 4.69) is 4.74 Å². The molecule has 0 bridgehead atoms. The lowest BCUT2D eigenvalue weighted by Crippen LogP contribution is -2.06. The highest BCUT2D eigenvalue weighted by molar-refractivity contribution is 5.93. The van der Waals surface area contributed by atoms with Gasteiger partial charge in [0, 0.05) is 5.56 Å². The van der Waals surface area contributed by atoms with Gasteiger partial charge in [-0.25, -0.2) is 4.79 Å². The Balaban J connectivity index is 3.31. The van der Waals surface area contributed by atoms with Crippen LogP contribution in [-0.2, 0) is 11.3 Å². The van der Waals surface area contributed by atoms with Crippen molar-refractivity contribution in [3.63, 3.8) is 0 Å². The van der Waals surface area contributed by atoms with Crippen LogP contribution in [0.5, 0.6) is 11.5 Å². The van der Waals surface area contributed by atoms with Crippen LogP contribution >= 0.6 is 0 Å². The molecule has 0 aliphatic rings. The molecule has 1 aromatic carbocycles. The highest BCUT2D eigenvalue weighted by Crippen LogP contribution is 2.29. The monoisotopic (exact) mass is 226 g/mol. The fourth-order valence-electron chi connectivity index (χ4n) is 1.35. The molecular formula is C11H14O5. The van der Waals surface area contributed by atoms with Gasteiger partial charge in [-0.1, -0.05) is 0 Å². The van der Waals surface area contributed by atoms with E-state index in [4.69, 9.17) is 14.6 Å². The molecule has 0 unspecified atom stereocenters. The zero-order valence-corrected chi connectivity index (χ0v) is 9.44. The zero-order valence-electron chi connectivity index (χ0n) is 9.44. The van der Waals surface area contributed by atoms with Crippen molar-refractivity contribution in [2.75, 3.05) is 21.3 Å². The molecule has 0 atom stereocenters. The van der Waals surface area contributed by atoms with Crippen LogP contribution in [0.1, 0.15) is 15.9 Å². The second-order valence-electron chi connectivity index (χ2n) is 3.01. The van der Waals surface area contributed by atoms with Crippen LogP contribution in [0.15, 0.2) is 12.1 Å². The second kappa shape index (κ2) is 5.37. The van der Waals surface area contributed by atoms with Gasteiger partial charge in [-0.15, -0.1) is 0 Å². The maximum Gasteiger partial charge on any atom is 0.341 e. The number of esters is 1. The largest absolute Gasteiger partial charge is 0.496 e. The number of methoxy groups -OCH3 is 3. The summed E-state index contributed by atoms with van der Waals surface area (Å²) in [5, 5.41) is 9.10. The summed E-state index contributed by atoms with van der Waals surface area (Å²) in [6.07, 6.45) is 0. The average molecular weight is 226 g/mol. The Bertz CT molecular complexity index is 386. The minimum Gasteiger partial charge on any atom is -0.496 e. The van der Waals surface area contributed by atoms with E-state index < -0.39 is 5.97 Å². The fourth-order valence-corrected chi connectivity index (χ4v) is 1.35. The van der Waals surface area contributed by atoms with Crippen LogP contribution in [-0.4, -0.2) is 32.4 Å². The maximum atomic E-state index is 11.4. The predicted molar refractivity (Wildman–Crippen MR) is 56.8 cm³/mol. The first kappa shape index (κ1) is 12.3. The standard InChI is InChI=1S/C11H14O5/c1-14-9-5-8(11(13)16-3)10(15-2)4-7(9)6-12/h4-5,12H,6H2,1-3H3. The van der Waals surface area contributed by atoms with Gasteiger partial charge in [0.2, 0.25) is 0 Å². The molecule has 0 fully saturated rings. The molecule has 0 saturated carbocycles. The number of aliphatic hydroxyl groups excluding tert-OH is 1. The van der Waals surface area contributed by atoms with Gasteiger partial charge < -0.3 is 19.3 Å². The molecule has 1 rings (SSSR count). The Morgan fingerprint density at radius 2 is 1.81 bits per heavy atom. The predicted octanol–water partition coefficient (Wildman–Crippen LogP) is 0.983. The zero-order chi connectivity index (χ0) is 12.1. The molecule has 5 nitrogen and oxygen atoms in total. The summed E-state index contributed by atoms with van der Waals surface area (Å²) in [7, 11) is 4.19. The molecule has 0 amide bonds. The van der Waals surface area contributed by atoms with E-state index >= 15 is 0 Å². The lowest BCUT2D eigenvalue weighted by Gasteiger charge is -2.12. The van der Waals surface area contributed by atoms with Crippen molar-refractivity contribution in [2.45, 2.75) is 6.61 Å². The number of hydrogen-bond donors (Lipinski definition) is 1. The van der Waals surface area contributed by atoms with Crippen molar-refractivity contribution in [3.8, 4) is 11.5 Å². The Hall–Kier alpha value is -1.75. The summed E-state index contributed by atoms with van der Waals surface area (Å²) >= 11 is 0. The van der Waals surface area contributed by atoms with Crippen LogP contribution in [0.3, 0.4) is 0 Å². The minimum absolute atomic E-state index is 0.193. The van der Waals surface area contributed by atoms with Crippen LogP contribution in [0.2, 0.25) is 0 Å². The number of rotatable bonds is 4. The van der Waals surface area contributed by atoms with Crippen molar-refractivity contribution in [1.29, 1.82) is 0 Å². The molecule has 0 aliphatic heterocycles. The van der Waals surface area contributed by atoms with E-state index in [0.717, 1.165) is 0 Å². The van der Waals surface area contributed by atoms with Gasteiger partial charge in [-0.05, 0) is 12.1 Å². The van der Waals surface area contributed by atoms with Crippen LogP contribution in [0.25, 0.3) is 0 Å². The molecular weight excluding hydrogens is 212 g/mol. The minimum atomic E-state index is -0.514. The van der Waals surface area contributed by atoms with E-state index in [9.17, 15) is 4.79 Å². The summed E-state index contributed by atoms with van der Waals surface area (Å²) in [4.78, 5) is 11.4. The number of carbonyl (C=O) groups excluding carboxylic acids is 1.